The number of carbonyl (C=O) groups excluding carboxylic acids is 1. The SMILES string of the molecule is Cc1ccc([N+](=O)[O-])cc1NC(=O)CCN1CCCC1c1ccc2c(c1)OCCO2. The molecular formula is C22H25N3O5. The number of nitro benzene ring substituents is 1. The van der Waals surface area contributed by atoms with Crippen molar-refractivity contribution in [3.05, 3.63) is 57.6 Å². The lowest BCUT2D eigenvalue weighted by Crippen LogP contribution is -2.28. The van der Waals surface area contributed by atoms with Gasteiger partial charge in [0.25, 0.3) is 5.69 Å². The van der Waals surface area contributed by atoms with Crippen LogP contribution in [0.3, 0.4) is 0 Å². The molecule has 0 aliphatic carbocycles. The number of hydrogen-bond donors (Lipinski definition) is 1. The fraction of sp³-hybridized carbons (Fsp3) is 0.409. The number of ether oxygens (including phenoxy) is 2. The van der Waals surface area contributed by atoms with E-state index in [0.717, 1.165) is 36.4 Å². The lowest BCUT2D eigenvalue weighted by molar-refractivity contribution is -0.384. The summed E-state index contributed by atoms with van der Waals surface area (Å²) < 4.78 is 11.3. The Hall–Kier alpha value is -3.13. The second-order valence-electron chi connectivity index (χ2n) is 7.65. The van der Waals surface area contributed by atoms with Crippen LogP contribution in [-0.4, -0.2) is 42.0 Å². The predicted molar refractivity (Wildman–Crippen MR) is 112 cm³/mol. The molecule has 2 aromatic carbocycles. The van der Waals surface area contributed by atoms with Crippen molar-refractivity contribution >= 4 is 17.3 Å². The van der Waals surface area contributed by atoms with E-state index in [1.807, 2.05) is 19.1 Å². The molecule has 2 aliphatic heterocycles. The zero-order valence-electron chi connectivity index (χ0n) is 16.9. The fourth-order valence-corrected chi connectivity index (χ4v) is 4.05. The Morgan fingerprint density at radius 3 is 2.80 bits per heavy atom. The highest BCUT2D eigenvalue weighted by molar-refractivity contribution is 5.92. The second-order valence-corrected chi connectivity index (χ2v) is 7.65. The summed E-state index contributed by atoms with van der Waals surface area (Å²) in [5.41, 5.74) is 2.42. The normalized spacial score (nSPS) is 18.2. The number of rotatable bonds is 6. The topological polar surface area (TPSA) is 93.9 Å². The number of nitrogens with one attached hydrogen (secondary N) is 1. The number of nitrogens with zero attached hydrogens (tertiary/aromatic N) is 2. The Kier molecular flexibility index (Phi) is 5.85. The van der Waals surface area contributed by atoms with E-state index in [-0.39, 0.29) is 17.6 Å². The quantitative estimate of drug-likeness (QED) is 0.573. The Bertz CT molecular complexity index is 962. The first-order valence-electron chi connectivity index (χ1n) is 10.2. The van der Waals surface area contributed by atoms with Crippen molar-refractivity contribution in [2.24, 2.45) is 0 Å². The average molecular weight is 411 g/mol. The Morgan fingerprint density at radius 1 is 1.20 bits per heavy atom. The molecule has 0 spiro atoms. The number of carbonyl (C=O) groups is 1. The maximum absolute atomic E-state index is 12.5. The van der Waals surface area contributed by atoms with Crippen molar-refractivity contribution in [2.45, 2.75) is 32.2 Å². The molecule has 2 aliphatic rings. The number of nitro groups is 1. The maximum Gasteiger partial charge on any atom is 0.271 e. The third-order valence-electron chi connectivity index (χ3n) is 5.65. The van der Waals surface area contributed by atoms with Crippen molar-refractivity contribution in [2.75, 3.05) is 31.6 Å². The smallest absolute Gasteiger partial charge is 0.271 e. The summed E-state index contributed by atoms with van der Waals surface area (Å²) in [7, 11) is 0. The van der Waals surface area contributed by atoms with E-state index in [1.165, 1.54) is 17.7 Å². The largest absolute Gasteiger partial charge is 0.486 e. The van der Waals surface area contributed by atoms with Crippen LogP contribution in [0.25, 0.3) is 0 Å². The molecule has 8 nitrogen and oxygen atoms in total. The van der Waals surface area contributed by atoms with Gasteiger partial charge < -0.3 is 14.8 Å². The highest BCUT2D eigenvalue weighted by Gasteiger charge is 2.27. The van der Waals surface area contributed by atoms with E-state index in [1.54, 1.807) is 6.07 Å². The Labute approximate surface area is 174 Å². The van der Waals surface area contributed by atoms with Gasteiger partial charge in [-0.2, -0.15) is 0 Å². The molecule has 2 heterocycles. The molecule has 0 bridgehead atoms. The fourth-order valence-electron chi connectivity index (χ4n) is 4.05. The van der Waals surface area contributed by atoms with Crippen LogP contribution in [0.5, 0.6) is 11.5 Å². The summed E-state index contributed by atoms with van der Waals surface area (Å²) in [5.74, 6) is 1.41. The molecule has 1 saturated heterocycles. The number of non-ortho nitro benzene ring substituents is 1. The maximum atomic E-state index is 12.5. The van der Waals surface area contributed by atoms with Gasteiger partial charge in [0.05, 0.1) is 10.6 Å². The van der Waals surface area contributed by atoms with Gasteiger partial charge in [-0.05, 0) is 49.6 Å². The zero-order chi connectivity index (χ0) is 21.1. The monoisotopic (exact) mass is 411 g/mol. The number of hydrogen-bond acceptors (Lipinski definition) is 6. The van der Waals surface area contributed by atoms with Crippen molar-refractivity contribution in [3.8, 4) is 11.5 Å². The third-order valence-corrected chi connectivity index (χ3v) is 5.65. The van der Waals surface area contributed by atoms with Gasteiger partial charge in [0.15, 0.2) is 11.5 Å². The molecule has 8 heteroatoms. The second kappa shape index (κ2) is 8.71. The van der Waals surface area contributed by atoms with Crippen molar-refractivity contribution in [3.63, 3.8) is 0 Å². The van der Waals surface area contributed by atoms with E-state index < -0.39 is 4.92 Å². The first kappa shape index (κ1) is 20.2. The van der Waals surface area contributed by atoms with Crippen LogP contribution < -0.4 is 14.8 Å². The van der Waals surface area contributed by atoms with Gasteiger partial charge in [-0.1, -0.05) is 12.1 Å². The first-order valence-corrected chi connectivity index (χ1v) is 10.2. The molecule has 0 aromatic heterocycles. The van der Waals surface area contributed by atoms with Gasteiger partial charge in [0.1, 0.15) is 13.2 Å². The van der Waals surface area contributed by atoms with Gasteiger partial charge >= 0.3 is 0 Å². The molecule has 1 fully saturated rings. The van der Waals surface area contributed by atoms with Crippen LogP contribution in [0.4, 0.5) is 11.4 Å². The molecule has 0 saturated carbocycles. The molecule has 158 valence electrons. The number of fused-ring (bicyclic) bond motifs is 1. The van der Waals surface area contributed by atoms with Gasteiger partial charge in [0.2, 0.25) is 5.91 Å². The van der Waals surface area contributed by atoms with Crippen LogP contribution >= 0.6 is 0 Å². The lowest BCUT2D eigenvalue weighted by Gasteiger charge is -2.26. The first-order chi connectivity index (χ1) is 14.5. The molecule has 1 unspecified atom stereocenters. The molecule has 1 atom stereocenters. The zero-order valence-corrected chi connectivity index (χ0v) is 16.9. The minimum absolute atomic E-state index is 0.0332. The molecule has 30 heavy (non-hydrogen) atoms. The van der Waals surface area contributed by atoms with E-state index in [2.05, 4.69) is 16.3 Å². The number of anilines is 1. The molecule has 4 rings (SSSR count). The average Bonchev–Trinajstić information content (AvgIpc) is 3.22. The van der Waals surface area contributed by atoms with Gasteiger partial charge in [-0.15, -0.1) is 0 Å². The molecule has 2 aromatic rings. The summed E-state index contributed by atoms with van der Waals surface area (Å²) in [6.07, 6.45) is 2.43. The van der Waals surface area contributed by atoms with Gasteiger partial charge in [-0.25, -0.2) is 0 Å². The van der Waals surface area contributed by atoms with E-state index in [0.29, 0.717) is 31.9 Å². The molecule has 0 radical (unpaired) electrons. The summed E-state index contributed by atoms with van der Waals surface area (Å²) >= 11 is 0. The summed E-state index contributed by atoms with van der Waals surface area (Å²) in [5, 5.41) is 13.8. The van der Waals surface area contributed by atoms with Crippen LogP contribution in [-0.2, 0) is 4.79 Å². The number of amides is 1. The summed E-state index contributed by atoms with van der Waals surface area (Å²) in [6, 6.07) is 10.8. The standard InChI is InChI=1S/C22H25N3O5/c1-15-4-6-17(25(27)28)14-18(15)23-22(26)8-10-24-9-2-3-19(24)16-5-7-20-21(13-16)30-12-11-29-20/h4-7,13-14,19H,2-3,8-12H2,1H3,(H,23,26). The number of aryl methyl sites for hydroxylation is 1. The van der Waals surface area contributed by atoms with Crippen LogP contribution in [0.1, 0.15) is 36.4 Å². The Balaban J connectivity index is 1.38. The third kappa shape index (κ3) is 4.38. The van der Waals surface area contributed by atoms with Gasteiger partial charge in [-0.3, -0.25) is 19.8 Å². The van der Waals surface area contributed by atoms with E-state index in [4.69, 9.17) is 9.47 Å². The highest BCUT2D eigenvalue weighted by atomic mass is 16.6. The van der Waals surface area contributed by atoms with Crippen LogP contribution in [0.2, 0.25) is 0 Å². The Morgan fingerprint density at radius 2 is 2.00 bits per heavy atom. The molecular weight excluding hydrogens is 386 g/mol. The van der Waals surface area contributed by atoms with E-state index >= 15 is 0 Å². The molecule has 1 amide bonds. The highest BCUT2D eigenvalue weighted by Crippen LogP contribution is 2.38. The molecule has 1 N–H and O–H groups in total. The van der Waals surface area contributed by atoms with Crippen LogP contribution in [0.15, 0.2) is 36.4 Å². The summed E-state index contributed by atoms with van der Waals surface area (Å²) in [4.78, 5) is 25.3. The van der Waals surface area contributed by atoms with Crippen molar-refractivity contribution in [1.82, 2.24) is 4.90 Å². The van der Waals surface area contributed by atoms with Crippen molar-refractivity contribution in [1.29, 1.82) is 0 Å². The predicted octanol–water partition coefficient (Wildman–Crippen LogP) is 3.84. The van der Waals surface area contributed by atoms with Gasteiger partial charge in [0, 0.05) is 31.1 Å². The minimum Gasteiger partial charge on any atom is -0.486 e. The van der Waals surface area contributed by atoms with Crippen LogP contribution in [0, 0.1) is 17.0 Å². The minimum atomic E-state index is -0.461. The number of benzene rings is 2. The van der Waals surface area contributed by atoms with E-state index in [9.17, 15) is 14.9 Å². The summed E-state index contributed by atoms with van der Waals surface area (Å²) in [6.45, 7) is 4.50. The number of likely N-dealkylation sites (tertiary alicyclic amines) is 1. The van der Waals surface area contributed by atoms with Crippen molar-refractivity contribution < 1.29 is 19.2 Å². The lowest BCUT2D eigenvalue weighted by atomic mass is 10.0.